The highest BCUT2D eigenvalue weighted by atomic mass is 35.5. The Labute approximate surface area is 185 Å². The van der Waals surface area contributed by atoms with E-state index in [2.05, 4.69) is 5.32 Å². The number of nitrogens with one attached hydrogen (secondary N) is 1. The maximum atomic E-state index is 12.7. The van der Waals surface area contributed by atoms with Crippen molar-refractivity contribution in [1.82, 2.24) is 4.31 Å². The molecule has 1 amide bonds. The van der Waals surface area contributed by atoms with Gasteiger partial charge in [-0.25, -0.2) is 8.42 Å². The lowest BCUT2D eigenvalue weighted by molar-refractivity contribution is -0.152. The van der Waals surface area contributed by atoms with Gasteiger partial charge in [-0.1, -0.05) is 23.2 Å². The zero-order valence-electron chi connectivity index (χ0n) is 15.9. The first-order chi connectivity index (χ1) is 14.3. The largest absolute Gasteiger partial charge is 0.455 e. The SMILES string of the molecule is O=C(COC(=O)C1CCN(S(=O)(=O)c2ccc(Cl)cc2)CC1)Nc1ccc(Cl)cc1. The number of ether oxygens (including phenoxy) is 1. The molecule has 0 spiro atoms. The highest BCUT2D eigenvalue weighted by Crippen LogP contribution is 2.25. The van der Waals surface area contributed by atoms with Crippen molar-refractivity contribution in [1.29, 1.82) is 0 Å². The third-order valence-corrected chi connectivity index (χ3v) is 7.13. The Balaban J connectivity index is 1.47. The predicted octanol–water partition coefficient (Wildman–Crippen LogP) is 3.58. The minimum Gasteiger partial charge on any atom is -0.455 e. The number of carbonyl (C=O) groups is 2. The Kier molecular flexibility index (Phi) is 7.36. The van der Waals surface area contributed by atoms with E-state index < -0.39 is 34.4 Å². The van der Waals surface area contributed by atoms with Crippen LogP contribution in [0.2, 0.25) is 10.0 Å². The van der Waals surface area contributed by atoms with E-state index in [0.717, 1.165) is 0 Å². The summed E-state index contributed by atoms with van der Waals surface area (Å²) < 4.78 is 31.8. The normalized spacial score (nSPS) is 15.5. The first kappa shape index (κ1) is 22.6. The molecule has 1 fully saturated rings. The van der Waals surface area contributed by atoms with Crippen molar-refractivity contribution in [2.24, 2.45) is 5.92 Å². The molecule has 0 atom stereocenters. The number of hydrogen-bond acceptors (Lipinski definition) is 5. The van der Waals surface area contributed by atoms with Crippen LogP contribution in [-0.2, 0) is 24.3 Å². The molecule has 10 heteroatoms. The quantitative estimate of drug-likeness (QED) is 0.651. The molecule has 0 unspecified atom stereocenters. The molecule has 0 bridgehead atoms. The zero-order chi connectivity index (χ0) is 21.7. The van der Waals surface area contributed by atoms with Crippen molar-refractivity contribution >= 4 is 50.8 Å². The Morgan fingerprint density at radius 2 is 1.50 bits per heavy atom. The second-order valence-corrected chi connectivity index (χ2v) is 9.61. The van der Waals surface area contributed by atoms with Gasteiger partial charge in [-0.3, -0.25) is 9.59 Å². The molecule has 0 aromatic heterocycles. The van der Waals surface area contributed by atoms with Gasteiger partial charge in [0.1, 0.15) is 0 Å². The second kappa shape index (κ2) is 9.78. The van der Waals surface area contributed by atoms with Crippen molar-refractivity contribution in [3.63, 3.8) is 0 Å². The van der Waals surface area contributed by atoms with Gasteiger partial charge in [0, 0.05) is 28.8 Å². The molecule has 2 aromatic rings. The number of carbonyl (C=O) groups excluding carboxylic acids is 2. The van der Waals surface area contributed by atoms with Crippen LogP contribution in [0.15, 0.2) is 53.4 Å². The molecule has 3 rings (SSSR count). The first-order valence-corrected chi connectivity index (χ1v) is 11.4. The minimum absolute atomic E-state index is 0.159. The number of rotatable bonds is 6. The maximum Gasteiger partial charge on any atom is 0.309 e. The van der Waals surface area contributed by atoms with Gasteiger partial charge in [0.05, 0.1) is 10.8 Å². The van der Waals surface area contributed by atoms with E-state index in [1.165, 1.54) is 28.6 Å². The van der Waals surface area contributed by atoms with Gasteiger partial charge >= 0.3 is 5.97 Å². The molecule has 1 heterocycles. The molecule has 30 heavy (non-hydrogen) atoms. The molecule has 2 aromatic carbocycles. The zero-order valence-corrected chi connectivity index (χ0v) is 18.2. The van der Waals surface area contributed by atoms with E-state index in [1.54, 1.807) is 24.3 Å². The number of sulfonamides is 1. The fourth-order valence-electron chi connectivity index (χ4n) is 3.07. The van der Waals surface area contributed by atoms with Crippen LogP contribution in [0.4, 0.5) is 5.69 Å². The summed E-state index contributed by atoms with van der Waals surface area (Å²) in [6.07, 6.45) is 0.648. The summed E-state index contributed by atoms with van der Waals surface area (Å²) in [5, 5.41) is 3.60. The topological polar surface area (TPSA) is 92.8 Å². The van der Waals surface area contributed by atoms with Crippen LogP contribution in [0.5, 0.6) is 0 Å². The molecule has 7 nitrogen and oxygen atoms in total. The van der Waals surface area contributed by atoms with E-state index in [-0.39, 0.29) is 18.0 Å². The monoisotopic (exact) mass is 470 g/mol. The van der Waals surface area contributed by atoms with Gasteiger partial charge in [-0.2, -0.15) is 4.31 Å². The molecule has 1 aliphatic heterocycles. The summed E-state index contributed by atoms with van der Waals surface area (Å²) in [5.74, 6) is -1.43. The minimum atomic E-state index is -3.64. The Hall–Kier alpha value is -2.13. The summed E-state index contributed by atoms with van der Waals surface area (Å²) in [5.41, 5.74) is 0.543. The molecule has 1 aliphatic rings. The van der Waals surface area contributed by atoms with Crippen LogP contribution in [0.25, 0.3) is 0 Å². The summed E-state index contributed by atoms with van der Waals surface area (Å²) >= 11 is 11.6. The van der Waals surface area contributed by atoms with Crippen molar-refractivity contribution in [2.75, 3.05) is 25.0 Å². The van der Waals surface area contributed by atoms with Crippen LogP contribution in [-0.4, -0.2) is 44.3 Å². The van der Waals surface area contributed by atoms with Crippen molar-refractivity contribution < 1.29 is 22.7 Å². The summed E-state index contributed by atoms with van der Waals surface area (Å²) in [6, 6.07) is 12.5. The molecule has 1 N–H and O–H groups in total. The number of esters is 1. The fraction of sp³-hybridized carbons (Fsp3) is 0.300. The lowest BCUT2D eigenvalue weighted by Crippen LogP contribution is -2.40. The summed E-state index contributed by atoms with van der Waals surface area (Å²) in [4.78, 5) is 24.4. The van der Waals surface area contributed by atoms with Gasteiger partial charge in [-0.05, 0) is 61.4 Å². The highest BCUT2D eigenvalue weighted by molar-refractivity contribution is 7.89. The van der Waals surface area contributed by atoms with Crippen LogP contribution in [0, 0.1) is 5.92 Å². The average molecular weight is 471 g/mol. The number of benzene rings is 2. The first-order valence-electron chi connectivity index (χ1n) is 9.23. The molecule has 160 valence electrons. The molecular formula is C20H20Cl2N2O5S. The van der Waals surface area contributed by atoms with E-state index in [9.17, 15) is 18.0 Å². The van der Waals surface area contributed by atoms with Gasteiger partial charge in [-0.15, -0.1) is 0 Å². The predicted molar refractivity (Wildman–Crippen MR) is 114 cm³/mol. The van der Waals surface area contributed by atoms with Crippen molar-refractivity contribution in [3.05, 3.63) is 58.6 Å². The van der Waals surface area contributed by atoms with Gasteiger partial charge < -0.3 is 10.1 Å². The Morgan fingerprint density at radius 1 is 0.967 bits per heavy atom. The summed E-state index contributed by atoms with van der Waals surface area (Å²) in [6.45, 7) is -0.0197. The van der Waals surface area contributed by atoms with Crippen LogP contribution >= 0.6 is 23.2 Å². The molecular weight excluding hydrogens is 451 g/mol. The standard InChI is InChI=1S/C20H20Cl2N2O5S/c21-15-1-5-17(6-2-15)23-19(25)13-29-20(26)14-9-11-24(12-10-14)30(27,28)18-7-3-16(22)4-8-18/h1-8,14H,9-13H2,(H,23,25). The van der Waals surface area contributed by atoms with Gasteiger partial charge in [0.2, 0.25) is 10.0 Å². The Bertz CT molecular complexity index is 1000. The highest BCUT2D eigenvalue weighted by Gasteiger charge is 2.33. The molecule has 0 aliphatic carbocycles. The number of piperidine rings is 1. The number of halogens is 2. The molecule has 1 saturated heterocycles. The smallest absolute Gasteiger partial charge is 0.309 e. The summed E-state index contributed by atoms with van der Waals surface area (Å²) in [7, 11) is -3.64. The van der Waals surface area contributed by atoms with Crippen LogP contribution in [0.3, 0.4) is 0 Å². The third kappa shape index (κ3) is 5.72. The Morgan fingerprint density at radius 3 is 2.07 bits per heavy atom. The van der Waals surface area contributed by atoms with E-state index >= 15 is 0 Å². The van der Waals surface area contributed by atoms with Gasteiger partial charge in [0.15, 0.2) is 6.61 Å². The van der Waals surface area contributed by atoms with Crippen molar-refractivity contribution in [3.8, 4) is 0 Å². The lowest BCUT2D eigenvalue weighted by Gasteiger charge is -2.30. The lowest BCUT2D eigenvalue weighted by atomic mass is 9.98. The second-order valence-electron chi connectivity index (χ2n) is 6.80. The van der Waals surface area contributed by atoms with E-state index in [0.29, 0.717) is 28.6 Å². The van der Waals surface area contributed by atoms with E-state index in [4.69, 9.17) is 27.9 Å². The van der Waals surface area contributed by atoms with Gasteiger partial charge in [0.25, 0.3) is 5.91 Å². The average Bonchev–Trinajstić information content (AvgIpc) is 2.74. The fourth-order valence-corrected chi connectivity index (χ4v) is 4.79. The number of nitrogens with zero attached hydrogens (tertiary/aromatic N) is 1. The number of anilines is 1. The third-order valence-electron chi connectivity index (χ3n) is 4.71. The van der Waals surface area contributed by atoms with Crippen molar-refractivity contribution in [2.45, 2.75) is 17.7 Å². The molecule has 0 radical (unpaired) electrons. The number of amides is 1. The van der Waals surface area contributed by atoms with Crippen LogP contribution in [0.1, 0.15) is 12.8 Å². The number of hydrogen-bond donors (Lipinski definition) is 1. The molecule has 0 saturated carbocycles. The maximum absolute atomic E-state index is 12.7. The van der Waals surface area contributed by atoms with E-state index in [1.807, 2.05) is 0 Å². The van der Waals surface area contributed by atoms with Crippen LogP contribution < -0.4 is 5.32 Å².